The molecule has 1 heterocycles. The molecule has 0 unspecified atom stereocenters. The van der Waals surface area contributed by atoms with Crippen molar-refractivity contribution in [2.75, 3.05) is 18.6 Å². The Morgan fingerprint density at radius 2 is 1.36 bits per heavy atom. The van der Waals surface area contributed by atoms with Crippen molar-refractivity contribution in [1.82, 2.24) is 5.43 Å². The van der Waals surface area contributed by atoms with Crippen molar-refractivity contribution in [3.8, 4) is 16.9 Å². The predicted octanol–water partition coefficient (Wildman–Crippen LogP) is 6.76. The van der Waals surface area contributed by atoms with Gasteiger partial charge in [-0.3, -0.25) is 15.6 Å². The summed E-state index contributed by atoms with van der Waals surface area (Å²) < 4.78 is 12.4. The second-order valence-corrected chi connectivity index (χ2v) is 10.9. The number of rotatable bonds is 12. The average molecular weight is 598 g/mol. The molecule has 0 aliphatic carbocycles. The number of aliphatic hydroxyl groups excluding tert-OH is 1. The maximum Gasteiger partial charge on any atom is 0.270 e. The van der Waals surface area contributed by atoms with Crippen molar-refractivity contribution >= 4 is 17.5 Å². The first-order chi connectivity index (χ1) is 22.1. The van der Waals surface area contributed by atoms with Crippen LogP contribution in [0.1, 0.15) is 29.2 Å². The van der Waals surface area contributed by atoms with Crippen LogP contribution in [0.2, 0.25) is 0 Å². The topological polar surface area (TPSA) is 92.2 Å². The number of hydrazine groups is 1. The Hall–Kier alpha value is -5.40. The fraction of sp³-hybridized carbons (Fsp3) is 0.158. The number of nitrogens with one attached hydrogen (secondary N) is 2. The molecule has 226 valence electrons. The number of carbonyl (C=O) groups is 1. The number of carbonyl (C=O) groups excluding carboxylic acids is 1. The Morgan fingerprint density at radius 3 is 2.02 bits per heavy atom. The summed E-state index contributed by atoms with van der Waals surface area (Å²) in [5.41, 5.74) is 10.1. The quantitative estimate of drug-likeness (QED) is 0.109. The fourth-order valence-corrected chi connectivity index (χ4v) is 5.43. The van der Waals surface area contributed by atoms with Crippen molar-refractivity contribution in [1.29, 1.82) is 0 Å². The lowest BCUT2D eigenvalue weighted by molar-refractivity contribution is -0.128. The molecular formula is C38H35N3O4. The van der Waals surface area contributed by atoms with E-state index in [1.54, 1.807) is 0 Å². The van der Waals surface area contributed by atoms with Gasteiger partial charge in [0.2, 0.25) is 5.90 Å². The van der Waals surface area contributed by atoms with E-state index in [9.17, 15) is 4.79 Å². The van der Waals surface area contributed by atoms with E-state index >= 15 is 0 Å². The van der Waals surface area contributed by atoms with Gasteiger partial charge in [-0.15, -0.1) is 0 Å². The van der Waals surface area contributed by atoms with Crippen LogP contribution in [0.15, 0.2) is 145 Å². The largest absolute Gasteiger partial charge is 0.494 e. The molecule has 0 aromatic heterocycles. The molecule has 0 radical (unpaired) electrons. The molecule has 0 saturated carbocycles. The maximum absolute atomic E-state index is 14.4. The van der Waals surface area contributed by atoms with E-state index in [2.05, 4.69) is 35.1 Å². The average Bonchev–Trinajstić information content (AvgIpc) is 3.49. The highest BCUT2D eigenvalue weighted by Crippen LogP contribution is 2.43. The number of benzene rings is 5. The molecule has 1 aliphatic rings. The third kappa shape index (κ3) is 6.89. The lowest BCUT2D eigenvalue weighted by atomic mass is 9.82. The van der Waals surface area contributed by atoms with Gasteiger partial charge in [0.05, 0.1) is 12.3 Å². The number of hydrogen-bond donors (Lipinski definition) is 3. The van der Waals surface area contributed by atoms with Gasteiger partial charge >= 0.3 is 0 Å². The summed E-state index contributed by atoms with van der Waals surface area (Å²) in [7, 11) is 0. The van der Waals surface area contributed by atoms with Crippen molar-refractivity contribution in [3.05, 3.63) is 156 Å². The lowest BCUT2D eigenvalue weighted by Gasteiger charge is -2.31. The predicted molar refractivity (Wildman–Crippen MR) is 177 cm³/mol. The number of para-hydroxylation sites is 1. The van der Waals surface area contributed by atoms with Gasteiger partial charge in [-0.1, -0.05) is 103 Å². The van der Waals surface area contributed by atoms with E-state index in [1.165, 1.54) is 0 Å². The van der Waals surface area contributed by atoms with Gasteiger partial charge in [0.25, 0.3) is 5.91 Å². The molecule has 5 aromatic rings. The minimum absolute atomic E-state index is 0.0706. The smallest absolute Gasteiger partial charge is 0.270 e. The van der Waals surface area contributed by atoms with Crippen molar-refractivity contribution in [3.63, 3.8) is 0 Å². The SMILES string of the molecule is O=C(NNc1ccccc1)[C@@]1(Cc2ccccc2)N=C(c2ccc(OCCCO)cc2)O[C@H]1c1ccc(-c2ccccc2)cc1. The third-order valence-corrected chi connectivity index (χ3v) is 7.76. The van der Waals surface area contributed by atoms with Gasteiger partial charge in [0, 0.05) is 25.0 Å². The first-order valence-corrected chi connectivity index (χ1v) is 15.1. The van der Waals surface area contributed by atoms with Crippen LogP contribution in [-0.4, -0.2) is 35.7 Å². The molecule has 0 fully saturated rings. The zero-order chi connectivity index (χ0) is 30.9. The summed E-state index contributed by atoms with van der Waals surface area (Å²) in [5, 5.41) is 9.08. The third-order valence-electron chi connectivity index (χ3n) is 7.76. The number of ether oxygens (including phenoxy) is 2. The van der Waals surface area contributed by atoms with Gasteiger partial charge in [-0.2, -0.15) is 0 Å². The molecule has 0 spiro atoms. The highest BCUT2D eigenvalue weighted by atomic mass is 16.5. The Labute approximate surface area is 263 Å². The molecule has 6 rings (SSSR count). The molecule has 0 bridgehead atoms. The van der Waals surface area contributed by atoms with Crippen LogP contribution in [0.4, 0.5) is 5.69 Å². The first-order valence-electron chi connectivity index (χ1n) is 15.1. The normalized spacial score (nSPS) is 17.2. The highest BCUT2D eigenvalue weighted by Gasteiger charge is 2.53. The van der Waals surface area contributed by atoms with Gasteiger partial charge in [0.15, 0.2) is 11.6 Å². The summed E-state index contributed by atoms with van der Waals surface area (Å²) in [6.45, 7) is 0.490. The highest BCUT2D eigenvalue weighted by molar-refractivity contribution is 6.01. The summed E-state index contributed by atoms with van der Waals surface area (Å²) >= 11 is 0. The summed E-state index contributed by atoms with van der Waals surface area (Å²) in [6, 6.07) is 45.1. The molecule has 7 nitrogen and oxygen atoms in total. The Bertz CT molecular complexity index is 1710. The van der Waals surface area contributed by atoms with Crippen LogP contribution in [-0.2, 0) is 16.0 Å². The van der Waals surface area contributed by atoms with Crippen LogP contribution < -0.4 is 15.6 Å². The van der Waals surface area contributed by atoms with E-state index in [0.29, 0.717) is 31.1 Å². The number of amides is 1. The zero-order valence-electron chi connectivity index (χ0n) is 24.8. The van der Waals surface area contributed by atoms with Crippen LogP contribution in [0, 0.1) is 0 Å². The van der Waals surface area contributed by atoms with Crippen LogP contribution in [0.25, 0.3) is 11.1 Å². The van der Waals surface area contributed by atoms with Gasteiger partial charge in [0.1, 0.15) is 5.75 Å². The van der Waals surface area contributed by atoms with Gasteiger partial charge in [-0.05, 0) is 58.7 Å². The standard InChI is InChI=1S/C38H35N3O4/c42-25-10-26-44-34-23-21-32(22-24-34)36-39-38(27-28-11-4-1-5-12-28,37(43)41-40-33-15-8-3-9-16-33)35(45-36)31-19-17-30(18-20-31)29-13-6-2-7-14-29/h1-9,11-24,35,40,42H,10,25-27H2,(H,41,43)/t35-,38-/m0/s1. The van der Waals surface area contributed by atoms with E-state index in [1.807, 2.05) is 115 Å². The van der Waals surface area contributed by atoms with E-state index < -0.39 is 11.6 Å². The minimum atomic E-state index is -1.33. The van der Waals surface area contributed by atoms with E-state index in [-0.39, 0.29) is 12.5 Å². The summed E-state index contributed by atoms with van der Waals surface area (Å²) in [6.07, 6.45) is 0.152. The van der Waals surface area contributed by atoms with Gasteiger partial charge < -0.3 is 14.6 Å². The number of nitrogens with zero attached hydrogens (tertiary/aromatic N) is 1. The second kappa shape index (κ2) is 13.9. The van der Waals surface area contributed by atoms with Gasteiger partial charge in [-0.25, -0.2) is 4.99 Å². The molecule has 0 saturated heterocycles. The maximum atomic E-state index is 14.4. The number of aliphatic hydroxyl groups is 1. The van der Waals surface area contributed by atoms with Crippen LogP contribution in [0.5, 0.6) is 5.75 Å². The molecule has 5 aromatic carbocycles. The number of anilines is 1. The van der Waals surface area contributed by atoms with Crippen molar-refractivity contribution < 1.29 is 19.4 Å². The van der Waals surface area contributed by atoms with Crippen molar-refractivity contribution in [2.24, 2.45) is 4.99 Å². The fourth-order valence-electron chi connectivity index (χ4n) is 5.43. The monoisotopic (exact) mass is 597 g/mol. The Morgan fingerprint density at radius 1 is 0.756 bits per heavy atom. The summed E-state index contributed by atoms with van der Waals surface area (Å²) in [5.74, 6) is 0.741. The molecule has 45 heavy (non-hydrogen) atoms. The second-order valence-electron chi connectivity index (χ2n) is 10.9. The molecule has 7 heteroatoms. The van der Waals surface area contributed by atoms with Crippen LogP contribution in [0.3, 0.4) is 0 Å². The molecule has 1 amide bonds. The van der Waals surface area contributed by atoms with E-state index in [4.69, 9.17) is 19.6 Å². The van der Waals surface area contributed by atoms with E-state index in [0.717, 1.165) is 33.5 Å². The Balaban J connectivity index is 1.39. The lowest BCUT2D eigenvalue weighted by Crippen LogP contribution is -2.51. The summed E-state index contributed by atoms with van der Waals surface area (Å²) in [4.78, 5) is 19.5. The number of aliphatic imine (C=N–C) groups is 1. The van der Waals surface area contributed by atoms with Crippen LogP contribution >= 0.6 is 0 Å². The molecule has 1 aliphatic heterocycles. The zero-order valence-corrected chi connectivity index (χ0v) is 24.8. The van der Waals surface area contributed by atoms with Crippen molar-refractivity contribution in [2.45, 2.75) is 24.5 Å². The Kier molecular flexibility index (Phi) is 9.18. The first kappa shape index (κ1) is 29.7. The molecule has 3 N–H and O–H groups in total. The number of hydrogen-bond acceptors (Lipinski definition) is 6. The minimum Gasteiger partial charge on any atom is -0.494 e. The molecular weight excluding hydrogens is 562 g/mol. The molecule has 2 atom stereocenters.